The van der Waals surface area contributed by atoms with E-state index in [2.05, 4.69) is 15.0 Å². The number of fused-ring (bicyclic) bond motifs is 1. The minimum Gasteiger partial charge on any atom is -0.461 e. The van der Waals surface area contributed by atoms with Crippen molar-refractivity contribution in [2.45, 2.75) is 33.4 Å². The van der Waals surface area contributed by atoms with Gasteiger partial charge in [-0.3, -0.25) is 13.9 Å². The molecule has 2 heterocycles. The van der Waals surface area contributed by atoms with Gasteiger partial charge in [-0.2, -0.15) is 9.97 Å². The summed E-state index contributed by atoms with van der Waals surface area (Å²) in [5.74, 6) is -0.489. The summed E-state index contributed by atoms with van der Waals surface area (Å²) in [5, 5.41) is 0.104. The fourth-order valence-corrected chi connectivity index (χ4v) is 4.40. The molecule has 2 rings (SSSR count). The van der Waals surface area contributed by atoms with Crippen molar-refractivity contribution in [3.63, 3.8) is 0 Å². The molecule has 0 saturated heterocycles. The zero-order chi connectivity index (χ0) is 21.4. The fourth-order valence-electron chi connectivity index (χ4n) is 2.54. The summed E-state index contributed by atoms with van der Waals surface area (Å²) in [4.78, 5) is 23.4. The van der Waals surface area contributed by atoms with Gasteiger partial charge in [-0.15, -0.1) is 0 Å². The molecule has 29 heavy (non-hydrogen) atoms. The van der Waals surface area contributed by atoms with Gasteiger partial charge in [0.2, 0.25) is 5.95 Å². The summed E-state index contributed by atoms with van der Waals surface area (Å²) in [7, 11) is -3.16. The van der Waals surface area contributed by atoms with Crippen molar-refractivity contribution in [2.75, 3.05) is 38.3 Å². The quantitative estimate of drug-likeness (QED) is 0.222. The number of esters is 1. The number of nitrogens with zero attached hydrogens (tertiary/aromatic N) is 4. The van der Waals surface area contributed by atoms with E-state index in [0.29, 0.717) is 17.6 Å². The third kappa shape index (κ3) is 6.61. The van der Waals surface area contributed by atoms with Crippen LogP contribution in [-0.2, 0) is 27.9 Å². The van der Waals surface area contributed by atoms with Crippen molar-refractivity contribution < 1.29 is 27.9 Å². The van der Waals surface area contributed by atoms with E-state index < -0.39 is 19.8 Å². The first-order chi connectivity index (χ1) is 13.8. The van der Waals surface area contributed by atoms with Gasteiger partial charge in [-0.25, -0.2) is 4.98 Å². The normalized spacial score (nSPS) is 13.0. The van der Waals surface area contributed by atoms with Crippen LogP contribution in [0.3, 0.4) is 0 Å². The Balaban J connectivity index is 2.11. The minimum atomic E-state index is -3.16. The Morgan fingerprint density at radius 1 is 1.31 bits per heavy atom. The molecule has 2 aromatic heterocycles. The summed E-state index contributed by atoms with van der Waals surface area (Å²) in [6.45, 7) is 5.48. The molecule has 0 aliphatic heterocycles. The number of halogens is 1. The molecule has 0 amide bonds. The summed E-state index contributed by atoms with van der Waals surface area (Å²) in [6.07, 6.45) is 1.30. The van der Waals surface area contributed by atoms with E-state index in [1.807, 2.05) is 0 Å². The van der Waals surface area contributed by atoms with Crippen LogP contribution in [0.1, 0.15) is 33.4 Å². The van der Waals surface area contributed by atoms with Crippen LogP contribution in [0.4, 0.5) is 5.95 Å². The monoisotopic (exact) mass is 449 g/mol. The first kappa shape index (κ1) is 23.5. The second kappa shape index (κ2) is 10.8. The number of ether oxygens (including phenoxy) is 2. The first-order valence-electron chi connectivity index (χ1n) is 9.08. The summed E-state index contributed by atoms with van der Waals surface area (Å²) in [5.41, 5.74) is 6.35. The van der Waals surface area contributed by atoms with Gasteiger partial charge in [0.05, 0.1) is 25.7 Å². The molecule has 0 bridgehead atoms. The molecule has 162 valence electrons. The first-order valence-corrected chi connectivity index (χ1v) is 11.2. The summed E-state index contributed by atoms with van der Waals surface area (Å²) < 4.78 is 35.5. The van der Waals surface area contributed by atoms with E-state index in [1.54, 1.807) is 18.4 Å². The van der Waals surface area contributed by atoms with Crippen molar-refractivity contribution in [1.29, 1.82) is 0 Å². The number of imidazole rings is 1. The molecule has 0 aliphatic rings. The van der Waals surface area contributed by atoms with Gasteiger partial charge in [-0.1, -0.05) is 11.6 Å². The zero-order valence-corrected chi connectivity index (χ0v) is 18.2. The smallest absolute Gasteiger partial charge is 0.330 e. The highest BCUT2D eigenvalue weighted by atomic mass is 35.5. The van der Waals surface area contributed by atoms with Crippen LogP contribution in [-0.4, -0.2) is 58.1 Å². The Kier molecular flexibility index (Phi) is 8.79. The lowest BCUT2D eigenvalue weighted by Gasteiger charge is -2.21. The van der Waals surface area contributed by atoms with E-state index in [0.717, 1.165) is 0 Å². The summed E-state index contributed by atoms with van der Waals surface area (Å²) in [6, 6.07) is 0. The lowest BCUT2D eigenvalue weighted by atomic mass is 10.5. The van der Waals surface area contributed by atoms with E-state index in [4.69, 9.17) is 35.9 Å². The largest absolute Gasteiger partial charge is 0.461 e. The number of hydrogen-bond donors (Lipinski definition) is 1. The van der Waals surface area contributed by atoms with E-state index >= 15 is 0 Å². The second-order valence-electron chi connectivity index (χ2n) is 5.85. The molecule has 0 spiro atoms. The molecule has 0 aromatic carbocycles. The number of rotatable bonds is 12. The molecule has 1 atom stereocenters. The van der Waals surface area contributed by atoms with E-state index in [1.165, 1.54) is 13.3 Å². The summed E-state index contributed by atoms with van der Waals surface area (Å²) >= 11 is 6.05. The molecular formula is C16H25ClN5O6P. The Bertz CT molecular complexity index is 869. The third-order valence-electron chi connectivity index (χ3n) is 3.67. The van der Waals surface area contributed by atoms with Crippen LogP contribution in [0, 0.1) is 0 Å². The van der Waals surface area contributed by atoms with Crippen molar-refractivity contribution in [1.82, 2.24) is 19.5 Å². The molecule has 0 fully saturated rings. The molecule has 11 nitrogen and oxygen atoms in total. The van der Waals surface area contributed by atoms with Crippen molar-refractivity contribution in [2.24, 2.45) is 0 Å². The molecule has 2 aromatic rings. The van der Waals surface area contributed by atoms with E-state index in [9.17, 15) is 9.36 Å². The number of nitrogens with two attached hydrogens (primary N) is 1. The van der Waals surface area contributed by atoms with Crippen molar-refractivity contribution >= 4 is 42.3 Å². The SMILES string of the molecule is CCOP(=O)(CCCOC(COC(C)=O)n1cnc2c(Cl)nc(N)nc21)OCC. The number of anilines is 1. The average Bonchev–Trinajstić information content (AvgIpc) is 3.05. The minimum absolute atomic E-state index is 0.0233. The van der Waals surface area contributed by atoms with Gasteiger partial charge in [0, 0.05) is 13.5 Å². The van der Waals surface area contributed by atoms with Crippen molar-refractivity contribution in [3.8, 4) is 0 Å². The van der Waals surface area contributed by atoms with Crippen LogP contribution in [0.15, 0.2) is 6.33 Å². The molecule has 1 unspecified atom stereocenters. The molecule has 0 saturated carbocycles. The number of hydrogen-bond acceptors (Lipinski definition) is 10. The van der Waals surface area contributed by atoms with Crippen LogP contribution in [0.5, 0.6) is 0 Å². The maximum Gasteiger partial charge on any atom is 0.330 e. The average molecular weight is 450 g/mol. The Morgan fingerprint density at radius 2 is 2.00 bits per heavy atom. The predicted octanol–water partition coefficient (Wildman–Crippen LogP) is 2.80. The number of carbonyl (C=O) groups excluding carboxylic acids is 1. The highest BCUT2D eigenvalue weighted by Crippen LogP contribution is 2.48. The van der Waals surface area contributed by atoms with Gasteiger partial charge in [0.1, 0.15) is 12.1 Å². The topological polar surface area (TPSA) is 141 Å². The van der Waals surface area contributed by atoms with Gasteiger partial charge in [-0.05, 0) is 20.3 Å². The highest BCUT2D eigenvalue weighted by Gasteiger charge is 2.24. The van der Waals surface area contributed by atoms with Crippen LogP contribution in [0.2, 0.25) is 5.15 Å². The Morgan fingerprint density at radius 3 is 2.62 bits per heavy atom. The van der Waals surface area contributed by atoms with E-state index in [-0.39, 0.29) is 43.7 Å². The maximum absolute atomic E-state index is 12.5. The highest BCUT2D eigenvalue weighted by molar-refractivity contribution is 7.53. The van der Waals surface area contributed by atoms with Gasteiger partial charge in [0.15, 0.2) is 17.0 Å². The molecule has 0 aliphatic carbocycles. The Hall–Kier alpha value is -1.78. The predicted molar refractivity (Wildman–Crippen MR) is 107 cm³/mol. The maximum atomic E-state index is 12.5. The lowest BCUT2D eigenvalue weighted by Crippen LogP contribution is -2.21. The number of nitrogen functional groups attached to an aromatic ring is 1. The Labute approximate surface area is 173 Å². The standard InChI is InChI=1S/C16H25ClN5O6P/c1-4-27-29(24,28-5-2)8-6-7-25-12(9-26-11(3)23)22-10-19-13-14(17)20-16(18)21-15(13)22/h10,12H,4-9H2,1-3H3,(H2,18,20,21). The van der Waals surface area contributed by atoms with Crippen LogP contribution >= 0.6 is 19.2 Å². The zero-order valence-electron chi connectivity index (χ0n) is 16.5. The molecule has 13 heteroatoms. The lowest BCUT2D eigenvalue weighted by molar-refractivity contribution is -0.148. The van der Waals surface area contributed by atoms with Crippen molar-refractivity contribution in [3.05, 3.63) is 11.5 Å². The molecular weight excluding hydrogens is 425 g/mol. The molecule has 0 radical (unpaired) electrons. The number of aromatic nitrogens is 4. The third-order valence-corrected chi connectivity index (χ3v) is 6.10. The molecule has 2 N–H and O–H groups in total. The van der Waals surface area contributed by atoms with Gasteiger partial charge < -0.3 is 24.3 Å². The van der Waals surface area contributed by atoms with Gasteiger partial charge >= 0.3 is 13.6 Å². The second-order valence-corrected chi connectivity index (χ2v) is 8.39. The van der Waals surface area contributed by atoms with Crippen LogP contribution in [0.25, 0.3) is 11.2 Å². The van der Waals surface area contributed by atoms with Gasteiger partial charge in [0.25, 0.3) is 0 Å². The van der Waals surface area contributed by atoms with Crippen LogP contribution < -0.4 is 5.73 Å². The number of carbonyl (C=O) groups is 1. The fraction of sp³-hybridized carbons (Fsp3) is 0.625.